The van der Waals surface area contributed by atoms with Gasteiger partial charge in [0.1, 0.15) is 5.52 Å². The summed E-state index contributed by atoms with van der Waals surface area (Å²) >= 11 is 6.00. The molecule has 1 saturated carbocycles. The third kappa shape index (κ3) is 5.57. The van der Waals surface area contributed by atoms with Gasteiger partial charge >= 0.3 is 0 Å². The number of ketones is 1. The maximum Gasteiger partial charge on any atom is 0.170 e. The maximum absolute atomic E-state index is 14.2. The van der Waals surface area contributed by atoms with Crippen LogP contribution >= 0.6 is 11.6 Å². The number of nitrogens with one attached hydrogen (secondary N) is 1. The molecule has 4 rings (SSSR count). The number of halogens is 2. The molecule has 0 radical (unpaired) electrons. The number of rotatable bonds is 7. The molecule has 186 valence electrons. The summed E-state index contributed by atoms with van der Waals surface area (Å²) in [6.45, 7) is 4.82. The predicted molar refractivity (Wildman–Crippen MR) is 139 cm³/mol. The fourth-order valence-corrected chi connectivity index (χ4v) is 5.00. The summed E-state index contributed by atoms with van der Waals surface area (Å²) in [5, 5.41) is 13.3. The van der Waals surface area contributed by atoms with E-state index in [4.69, 9.17) is 16.6 Å². The smallest absolute Gasteiger partial charge is 0.170 e. The molecule has 2 N–H and O–H groups in total. The fraction of sp³-hybridized carbons (Fsp3) is 0.444. The highest BCUT2D eigenvalue weighted by Crippen LogP contribution is 2.35. The molecule has 2 aromatic heterocycles. The average Bonchev–Trinajstić information content (AvgIpc) is 2.82. The van der Waals surface area contributed by atoms with Gasteiger partial charge in [-0.2, -0.15) is 0 Å². The van der Waals surface area contributed by atoms with Crippen molar-refractivity contribution >= 4 is 34.1 Å². The van der Waals surface area contributed by atoms with E-state index in [0.717, 1.165) is 32.2 Å². The van der Waals surface area contributed by atoms with Crippen LogP contribution in [0.15, 0.2) is 30.5 Å². The molecule has 1 aliphatic carbocycles. The third-order valence-corrected chi connectivity index (χ3v) is 6.92. The number of carbonyl (C=O) groups is 1. The van der Waals surface area contributed by atoms with E-state index in [2.05, 4.69) is 29.3 Å². The first-order valence-corrected chi connectivity index (χ1v) is 12.5. The predicted octanol–water partition coefficient (Wildman–Crippen LogP) is 6.17. The number of hydrogen-bond acceptors (Lipinski definition) is 6. The summed E-state index contributed by atoms with van der Waals surface area (Å²) in [5.74, 6) is -0.931. The van der Waals surface area contributed by atoms with Crippen molar-refractivity contribution in [3.8, 4) is 17.0 Å². The van der Waals surface area contributed by atoms with Gasteiger partial charge in [0.25, 0.3) is 0 Å². The van der Waals surface area contributed by atoms with Crippen LogP contribution in [0.4, 0.5) is 10.1 Å². The van der Waals surface area contributed by atoms with E-state index in [1.165, 1.54) is 12.1 Å². The highest BCUT2D eigenvalue weighted by atomic mass is 35.5. The Morgan fingerprint density at radius 3 is 2.57 bits per heavy atom. The number of hydrogen-bond donors (Lipinski definition) is 2. The van der Waals surface area contributed by atoms with Crippen LogP contribution in [0.5, 0.6) is 5.75 Å². The van der Waals surface area contributed by atoms with Crippen molar-refractivity contribution in [1.82, 2.24) is 14.9 Å². The van der Waals surface area contributed by atoms with Gasteiger partial charge in [-0.3, -0.25) is 9.78 Å². The average molecular weight is 499 g/mol. The minimum Gasteiger partial charge on any atom is -0.504 e. The number of nitrogens with zero attached hydrogens (tertiary/aromatic N) is 3. The molecule has 0 unspecified atom stereocenters. The summed E-state index contributed by atoms with van der Waals surface area (Å²) < 4.78 is 14.2. The van der Waals surface area contributed by atoms with E-state index in [-0.39, 0.29) is 22.8 Å². The zero-order chi connectivity index (χ0) is 25.3. The van der Waals surface area contributed by atoms with E-state index < -0.39 is 11.6 Å². The van der Waals surface area contributed by atoms with Crippen LogP contribution < -0.4 is 5.32 Å². The van der Waals surface area contributed by atoms with Crippen LogP contribution in [-0.4, -0.2) is 52.4 Å². The number of pyridine rings is 2. The minimum atomic E-state index is -0.816. The topological polar surface area (TPSA) is 78.3 Å². The lowest BCUT2D eigenvalue weighted by molar-refractivity contribution is 0.0940. The third-order valence-electron chi connectivity index (χ3n) is 6.63. The Morgan fingerprint density at radius 2 is 1.94 bits per heavy atom. The number of Topliss-reactive ketones (excluding diaryl/α,β-unsaturated/α-hetero) is 1. The molecule has 0 saturated heterocycles. The highest BCUT2D eigenvalue weighted by Gasteiger charge is 2.25. The van der Waals surface area contributed by atoms with Gasteiger partial charge < -0.3 is 15.3 Å². The Balaban J connectivity index is 1.75. The molecule has 6 nitrogen and oxygen atoms in total. The van der Waals surface area contributed by atoms with Crippen LogP contribution in [-0.2, 0) is 0 Å². The van der Waals surface area contributed by atoms with Crippen molar-refractivity contribution in [3.05, 3.63) is 46.9 Å². The van der Waals surface area contributed by atoms with Crippen molar-refractivity contribution in [2.24, 2.45) is 11.8 Å². The Bertz CT molecular complexity index is 1220. The maximum atomic E-state index is 14.2. The molecule has 2 heterocycles. The normalized spacial score (nSPS) is 18.4. The molecule has 3 aromatic rings. The highest BCUT2D eigenvalue weighted by molar-refractivity contribution is 6.32. The Labute approximate surface area is 210 Å². The van der Waals surface area contributed by atoms with Crippen LogP contribution in [0, 0.1) is 17.7 Å². The lowest BCUT2D eigenvalue weighted by Gasteiger charge is -2.32. The molecule has 35 heavy (non-hydrogen) atoms. The molecular formula is C27H32ClFN4O2. The van der Waals surface area contributed by atoms with Crippen molar-refractivity contribution < 1.29 is 14.3 Å². The minimum absolute atomic E-state index is 0.00545. The molecule has 0 aliphatic heterocycles. The van der Waals surface area contributed by atoms with Gasteiger partial charge in [0, 0.05) is 30.3 Å². The second kappa shape index (κ2) is 10.5. The van der Waals surface area contributed by atoms with Crippen molar-refractivity contribution in [3.63, 3.8) is 0 Å². The van der Waals surface area contributed by atoms with Crippen molar-refractivity contribution in [1.29, 1.82) is 0 Å². The molecule has 0 spiro atoms. The van der Waals surface area contributed by atoms with Gasteiger partial charge in [0.2, 0.25) is 0 Å². The molecule has 1 aliphatic rings. The number of aromatic hydroxyl groups is 1. The van der Waals surface area contributed by atoms with E-state index >= 15 is 0 Å². The van der Waals surface area contributed by atoms with E-state index in [1.54, 1.807) is 18.3 Å². The van der Waals surface area contributed by atoms with Gasteiger partial charge in [0.15, 0.2) is 17.3 Å². The quantitative estimate of drug-likeness (QED) is 0.379. The second-order valence-corrected chi connectivity index (χ2v) is 10.4. The summed E-state index contributed by atoms with van der Waals surface area (Å²) in [7, 11) is 4.21. The SMILES string of the molecule is CC(C)C(=O)c1cnc2ccc(-c3cc(F)c(O)c(Cl)c3)nc2c1N[C@H]1CC[C@H](CN(C)C)CC1. The van der Waals surface area contributed by atoms with Crippen LogP contribution in [0.25, 0.3) is 22.3 Å². The van der Waals surface area contributed by atoms with Crippen molar-refractivity contribution in [2.75, 3.05) is 26.0 Å². The second-order valence-electron chi connectivity index (χ2n) is 10.0. The largest absolute Gasteiger partial charge is 0.504 e. The Morgan fingerprint density at radius 1 is 1.23 bits per heavy atom. The van der Waals surface area contributed by atoms with Gasteiger partial charge in [-0.1, -0.05) is 25.4 Å². The fourth-order valence-electron chi connectivity index (χ4n) is 4.79. The molecule has 8 heteroatoms. The molecule has 1 fully saturated rings. The number of phenolic OH excluding ortho intramolecular Hbond substituents is 1. The lowest BCUT2D eigenvalue weighted by atomic mass is 9.85. The molecule has 0 atom stereocenters. The van der Waals surface area contributed by atoms with Crippen LogP contribution in [0.2, 0.25) is 5.02 Å². The van der Waals surface area contributed by atoms with Crippen LogP contribution in [0.1, 0.15) is 49.9 Å². The number of fused-ring (bicyclic) bond motifs is 1. The molecule has 0 amide bonds. The summed E-state index contributed by atoms with van der Waals surface area (Å²) in [5.41, 5.74) is 3.31. The first kappa shape index (κ1) is 25.3. The standard InChI is InChI=1S/C27H32ClFN4O2/c1-15(2)26(34)19-13-30-23-10-9-22(17-11-20(28)27(35)21(29)12-17)32-25(23)24(19)31-18-7-5-16(6-8-18)14-33(3)4/h9-13,15-16,18,35H,5-8,14H2,1-4H3,(H,30,31)/t16-,18-. The van der Waals surface area contributed by atoms with Crippen molar-refractivity contribution in [2.45, 2.75) is 45.6 Å². The number of benzene rings is 1. The number of carbonyl (C=O) groups excluding carboxylic acids is 1. The number of anilines is 1. The van der Waals surface area contributed by atoms with E-state index in [1.807, 2.05) is 13.8 Å². The summed E-state index contributed by atoms with van der Waals surface area (Å²) in [6.07, 6.45) is 5.89. The zero-order valence-corrected chi connectivity index (χ0v) is 21.4. The first-order chi connectivity index (χ1) is 16.6. The molecule has 0 bridgehead atoms. The Kier molecular flexibility index (Phi) is 7.57. The van der Waals surface area contributed by atoms with E-state index in [0.29, 0.717) is 39.5 Å². The van der Waals surface area contributed by atoms with Gasteiger partial charge in [-0.25, -0.2) is 9.37 Å². The monoisotopic (exact) mass is 498 g/mol. The van der Waals surface area contributed by atoms with Crippen LogP contribution in [0.3, 0.4) is 0 Å². The van der Waals surface area contributed by atoms with Gasteiger partial charge in [0.05, 0.1) is 27.5 Å². The van der Waals surface area contributed by atoms with E-state index in [9.17, 15) is 14.3 Å². The Hall–Kier alpha value is -2.77. The molecule has 1 aromatic carbocycles. The zero-order valence-electron chi connectivity index (χ0n) is 20.6. The number of phenols is 1. The number of aromatic nitrogens is 2. The first-order valence-electron chi connectivity index (χ1n) is 12.1. The summed E-state index contributed by atoms with van der Waals surface area (Å²) in [6, 6.07) is 6.44. The molecular weight excluding hydrogens is 467 g/mol. The lowest BCUT2D eigenvalue weighted by Crippen LogP contribution is -2.31. The van der Waals surface area contributed by atoms with Gasteiger partial charge in [-0.05, 0) is 70.0 Å². The summed E-state index contributed by atoms with van der Waals surface area (Å²) in [4.78, 5) is 24.6. The van der Waals surface area contributed by atoms with Gasteiger partial charge in [-0.15, -0.1) is 0 Å².